The van der Waals surface area contributed by atoms with Gasteiger partial charge < -0.3 is 4.74 Å². The molecular formula is C14H14F3NO. The molecule has 0 atom stereocenters. The van der Waals surface area contributed by atoms with Gasteiger partial charge in [0, 0.05) is 0 Å². The summed E-state index contributed by atoms with van der Waals surface area (Å²) in [5.41, 5.74) is -0.875. The van der Waals surface area contributed by atoms with Gasteiger partial charge in [0.25, 0.3) is 0 Å². The minimum Gasteiger partial charge on any atom is -0.489 e. The number of benzene rings is 1. The van der Waals surface area contributed by atoms with Crippen LogP contribution in [0, 0.1) is 11.3 Å². The Morgan fingerprint density at radius 1 is 1.16 bits per heavy atom. The van der Waals surface area contributed by atoms with Crippen LogP contribution in [0.15, 0.2) is 18.2 Å². The maximum atomic E-state index is 12.5. The van der Waals surface area contributed by atoms with Gasteiger partial charge in [0.1, 0.15) is 11.8 Å². The molecule has 102 valence electrons. The zero-order chi connectivity index (χ0) is 13.9. The van der Waals surface area contributed by atoms with Crippen molar-refractivity contribution in [2.24, 2.45) is 0 Å². The lowest BCUT2D eigenvalue weighted by molar-refractivity contribution is -0.137. The van der Waals surface area contributed by atoms with Crippen LogP contribution in [0.3, 0.4) is 0 Å². The molecule has 1 saturated carbocycles. The van der Waals surface area contributed by atoms with Gasteiger partial charge >= 0.3 is 6.18 Å². The second-order valence-corrected chi connectivity index (χ2v) is 4.70. The van der Waals surface area contributed by atoms with E-state index >= 15 is 0 Å². The Labute approximate surface area is 109 Å². The molecule has 1 aliphatic rings. The minimum atomic E-state index is -4.44. The normalized spacial score (nSPS) is 16.9. The molecule has 1 aromatic rings. The average molecular weight is 269 g/mol. The van der Waals surface area contributed by atoms with Crippen LogP contribution < -0.4 is 4.74 Å². The molecule has 5 heteroatoms. The number of hydrogen-bond acceptors (Lipinski definition) is 2. The molecule has 1 fully saturated rings. The molecule has 0 unspecified atom stereocenters. The number of ether oxygens (including phenoxy) is 1. The first-order chi connectivity index (χ1) is 9.00. The van der Waals surface area contributed by atoms with Crippen LogP contribution in [0.5, 0.6) is 5.75 Å². The predicted molar refractivity (Wildman–Crippen MR) is 63.7 cm³/mol. The Bertz CT molecular complexity index is 484. The van der Waals surface area contributed by atoms with Gasteiger partial charge in [-0.3, -0.25) is 0 Å². The van der Waals surface area contributed by atoms with E-state index in [1.165, 1.54) is 6.07 Å². The van der Waals surface area contributed by atoms with Crippen molar-refractivity contribution in [2.45, 2.75) is 44.4 Å². The summed E-state index contributed by atoms with van der Waals surface area (Å²) < 4.78 is 43.3. The van der Waals surface area contributed by atoms with Crippen molar-refractivity contribution in [3.05, 3.63) is 29.3 Å². The third-order valence-corrected chi connectivity index (χ3v) is 3.27. The minimum absolute atomic E-state index is 0.0117. The second-order valence-electron chi connectivity index (χ2n) is 4.70. The standard InChI is InChI=1S/C14H14F3NO/c15-14(16,17)11-6-7-13(10(8-11)9-18)19-12-4-2-1-3-5-12/h6-8,12H,1-5H2. The van der Waals surface area contributed by atoms with Gasteiger partial charge in [-0.2, -0.15) is 18.4 Å². The fraction of sp³-hybridized carbons (Fsp3) is 0.500. The zero-order valence-electron chi connectivity index (χ0n) is 10.3. The van der Waals surface area contributed by atoms with Crippen molar-refractivity contribution >= 4 is 0 Å². The first-order valence-electron chi connectivity index (χ1n) is 6.28. The Hall–Kier alpha value is -1.70. The highest BCUT2D eigenvalue weighted by Gasteiger charge is 2.31. The molecular weight excluding hydrogens is 255 g/mol. The van der Waals surface area contributed by atoms with Crippen molar-refractivity contribution in [1.29, 1.82) is 5.26 Å². The molecule has 0 saturated heterocycles. The fourth-order valence-corrected chi connectivity index (χ4v) is 2.26. The number of nitriles is 1. The van der Waals surface area contributed by atoms with E-state index in [0.717, 1.165) is 44.2 Å². The van der Waals surface area contributed by atoms with Gasteiger partial charge in [0.05, 0.1) is 17.2 Å². The van der Waals surface area contributed by atoms with Crippen molar-refractivity contribution in [3.8, 4) is 11.8 Å². The number of alkyl halides is 3. The van der Waals surface area contributed by atoms with Crippen LogP contribution in [0.2, 0.25) is 0 Å². The Morgan fingerprint density at radius 3 is 2.42 bits per heavy atom. The van der Waals surface area contributed by atoms with Crippen LogP contribution in [0.4, 0.5) is 13.2 Å². The topological polar surface area (TPSA) is 33.0 Å². The first kappa shape index (κ1) is 13.7. The molecule has 0 heterocycles. The molecule has 0 amide bonds. The van der Waals surface area contributed by atoms with Crippen LogP contribution in [-0.4, -0.2) is 6.10 Å². The van der Waals surface area contributed by atoms with E-state index in [9.17, 15) is 13.2 Å². The number of halogens is 3. The lowest BCUT2D eigenvalue weighted by Crippen LogP contribution is -2.20. The third-order valence-electron chi connectivity index (χ3n) is 3.27. The van der Waals surface area contributed by atoms with E-state index < -0.39 is 11.7 Å². The maximum Gasteiger partial charge on any atom is 0.416 e. The average Bonchev–Trinajstić information content (AvgIpc) is 2.39. The summed E-state index contributed by atoms with van der Waals surface area (Å²) in [7, 11) is 0. The Kier molecular flexibility index (Phi) is 3.98. The van der Waals surface area contributed by atoms with E-state index in [4.69, 9.17) is 10.00 Å². The van der Waals surface area contributed by atoms with E-state index in [-0.39, 0.29) is 17.4 Å². The van der Waals surface area contributed by atoms with Crippen molar-refractivity contribution in [2.75, 3.05) is 0 Å². The largest absolute Gasteiger partial charge is 0.489 e. The zero-order valence-corrected chi connectivity index (χ0v) is 10.3. The van der Waals surface area contributed by atoms with Crippen LogP contribution in [-0.2, 0) is 6.18 Å². The molecule has 1 aromatic carbocycles. The maximum absolute atomic E-state index is 12.5. The second kappa shape index (κ2) is 5.52. The third kappa shape index (κ3) is 3.40. The van der Waals surface area contributed by atoms with Gasteiger partial charge in [-0.25, -0.2) is 0 Å². The van der Waals surface area contributed by atoms with E-state index in [1.807, 2.05) is 0 Å². The summed E-state index contributed by atoms with van der Waals surface area (Å²) in [6.07, 6.45) is 0.656. The number of rotatable bonds is 2. The van der Waals surface area contributed by atoms with Crippen molar-refractivity contribution in [1.82, 2.24) is 0 Å². The smallest absolute Gasteiger partial charge is 0.416 e. The summed E-state index contributed by atoms with van der Waals surface area (Å²) in [5.74, 6) is 0.252. The van der Waals surface area contributed by atoms with Crippen molar-refractivity contribution in [3.63, 3.8) is 0 Å². The summed E-state index contributed by atoms with van der Waals surface area (Å²) in [5, 5.41) is 8.94. The number of hydrogen-bond donors (Lipinski definition) is 0. The molecule has 0 aromatic heterocycles. The van der Waals surface area contributed by atoms with Gasteiger partial charge in [0.2, 0.25) is 0 Å². The summed E-state index contributed by atoms with van der Waals surface area (Å²) in [6, 6.07) is 4.82. The molecule has 19 heavy (non-hydrogen) atoms. The monoisotopic (exact) mass is 269 g/mol. The molecule has 0 aliphatic heterocycles. The van der Waals surface area contributed by atoms with Crippen LogP contribution in [0.1, 0.15) is 43.2 Å². The molecule has 0 bridgehead atoms. The molecule has 0 radical (unpaired) electrons. The lowest BCUT2D eigenvalue weighted by atomic mass is 9.97. The van der Waals surface area contributed by atoms with Gasteiger partial charge in [-0.15, -0.1) is 0 Å². The molecule has 2 nitrogen and oxygen atoms in total. The predicted octanol–water partition coefficient (Wildman–Crippen LogP) is 4.29. The summed E-state index contributed by atoms with van der Waals surface area (Å²) in [4.78, 5) is 0. The molecule has 0 spiro atoms. The van der Waals surface area contributed by atoms with Gasteiger partial charge in [0.15, 0.2) is 0 Å². The SMILES string of the molecule is N#Cc1cc(C(F)(F)F)ccc1OC1CCCCC1. The van der Waals surface area contributed by atoms with Crippen LogP contribution in [0.25, 0.3) is 0 Å². The Morgan fingerprint density at radius 2 is 1.84 bits per heavy atom. The highest BCUT2D eigenvalue weighted by Crippen LogP contribution is 2.33. The summed E-state index contributed by atoms with van der Waals surface area (Å²) >= 11 is 0. The quantitative estimate of drug-likeness (QED) is 0.802. The molecule has 2 rings (SSSR count). The van der Waals surface area contributed by atoms with Gasteiger partial charge in [-0.1, -0.05) is 6.42 Å². The lowest BCUT2D eigenvalue weighted by Gasteiger charge is -2.23. The molecule has 0 N–H and O–H groups in total. The van der Waals surface area contributed by atoms with Crippen molar-refractivity contribution < 1.29 is 17.9 Å². The highest BCUT2D eigenvalue weighted by molar-refractivity contribution is 5.46. The van der Waals surface area contributed by atoms with E-state index in [0.29, 0.717) is 0 Å². The van der Waals surface area contributed by atoms with E-state index in [1.54, 1.807) is 6.07 Å². The number of nitrogens with zero attached hydrogens (tertiary/aromatic N) is 1. The summed E-state index contributed by atoms with van der Waals surface area (Å²) in [6.45, 7) is 0. The Balaban J connectivity index is 2.19. The van der Waals surface area contributed by atoms with E-state index in [2.05, 4.69) is 0 Å². The molecule has 1 aliphatic carbocycles. The fourth-order valence-electron chi connectivity index (χ4n) is 2.26. The van der Waals surface area contributed by atoms with Gasteiger partial charge in [-0.05, 0) is 43.9 Å². The highest BCUT2D eigenvalue weighted by atomic mass is 19.4. The first-order valence-corrected chi connectivity index (χ1v) is 6.28. The van der Waals surface area contributed by atoms with Crippen LogP contribution >= 0.6 is 0 Å².